The molecule has 0 radical (unpaired) electrons. The van der Waals surface area contributed by atoms with Crippen LogP contribution in [0.1, 0.15) is 48.9 Å². The largest absolute Gasteiger partial charge is 0.493 e. The smallest absolute Gasteiger partial charge is 0.387 e. The van der Waals surface area contributed by atoms with Gasteiger partial charge in [0.05, 0.1) is 18.9 Å². The number of ether oxygens (including phenoxy) is 3. The summed E-state index contributed by atoms with van der Waals surface area (Å²) in [5.41, 5.74) is 4.25. The molecule has 1 aliphatic carbocycles. The maximum atomic E-state index is 13.2. The van der Waals surface area contributed by atoms with Gasteiger partial charge in [0, 0.05) is 0 Å². The lowest BCUT2D eigenvalue weighted by Gasteiger charge is -2.25. The molecule has 0 heterocycles. The van der Waals surface area contributed by atoms with Crippen molar-refractivity contribution in [1.29, 1.82) is 0 Å². The van der Waals surface area contributed by atoms with Gasteiger partial charge in [-0.05, 0) is 98.9 Å². The molecule has 178 valence electrons. The van der Waals surface area contributed by atoms with Crippen LogP contribution < -0.4 is 19.5 Å². The van der Waals surface area contributed by atoms with Crippen molar-refractivity contribution in [2.45, 2.75) is 65.1 Å². The van der Waals surface area contributed by atoms with Crippen molar-refractivity contribution in [3.05, 3.63) is 59.2 Å². The van der Waals surface area contributed by atoms with Crippen molar-refractivity contribution >= 4 is 11.6 Å². The lowest BCUT2D eigenvalue weighted by Crippen LogP contribution is -2.17. The van der Waals surface area contributed by atoms with Gasteiger partial charge in [-0.2, -0.15) is 8.78 Å². The van der Waals surface area contributed by atoms with Crippen LogP contribution in [0.5, 0.6) is 17.2 Å². The second-order valence-electron chi connectivity index (χ2n) is 8.30. The van der Waals surface area contributed by atoms with Gasteiger partial charge in [0.2, 0.25) is 5.91 Å². The molecule has 0 aromatic heterocycles. The van der Waals surface area contributed by atoms with Crippen molar-refractivity contribution in [3.8, 4) is 17.2 Å². The first kappa shape index (κ1) is 24.6. The number of methoxy groups -OCH3 is 1. The number of rotatable bonds is 10. The lowest BCUT2D eigenvalue weighted by molar-refractivity contribution is -0.112. The fraction of sp³-hybridized carbons (Fsp3) is 0.423. The minimum Gasteiger partial charge on any atom is -0.493 e. The van der Waals surface area contributed by atoms with Gasteiger partial charge in [-0.1, -0.05) is 12.6 Å². The number of aryl methyl sites for hydroxylation is 2. The Morgan fingerprint density at radius 2 is 1.85 bits per heavy atom. The number of fused-ring (bicyclic) bond motifs is 1. The summed E-state index contributed by atoms with van der Waals surface area (Å²) in [7, 11) is 1.59. The fourth-order valence-electron chi connectivity index (χ4n) is 4.23. The zero-order chi connectivity index (χ0) is 24.0. The van der Waals surface area contributed by atoms with Crippen LogP contribution in [-0.4, -0.2) is 25.7 Å². The molecule has 0 spiro atoms. The summed E-state index contributed by atoms with van der Waals surface area (Å²) in [5, 5.41) is 2.71. The molecule has 3 rings (SSSR count). The van der Waals surface area contributed by atoms with Gasteiger partial charge in [0.1, 0.15) is 5.75 Å². The molecular weight excluding hydrogens is 428 g/mol. The number of carbonyl (C=O) groups excluding carboxylic acids is 1. The molecule has 5 nitrogen and oxygen atoms in total. The van der Waals surface area contributed by atoms with Crippen LogP contribution in [0.4, 0.5) is 14.5 Å². The van der Waals surface area contributed by atoms with Crippen LogP contribution >= 0.6 is 0 Å². The third-order valence-corrected chi connectivity index (χ3v) is 5.63. The molecule has 0 atom stereocenters. The Labute approximate surface area is 193 Å². The molecular formula is C26H31F2NO4. The minimum atomic E-state index is -2.99. The van der Waals surface area contributed by atoms with Crippen molar-refractivity contribution < 1.29 is 27.8 Å². The van der Waals surface area contributed by atoms with E-state index < -0.39 is 12.5 Å². The topological polar surface area (TPSA) is 56.8 Å². The van der Waals surface area contributed by atoms with Gasteiger partial charge < -0.3 is 19.5 Å². The number of amides is 1. The summed E-state index contributed by atoms with van der Waals surface area (Å²) in [5.74, 6) is 0.829. The number of hydrogen-bond donors (Lipinski definition) is 1. The summed E-state index contributed by atoms with van der Waals surface area (Å²) in [6.07, 6.45) is 5.95. The molecule has 2 aromatic carbocycles. The van der Waals surface area contributed by atoms with E-state index in [1.165, 1.54) is 0 Å². The number of hydrogen-bond acceptors (Lipinski definition) is 4. The van der Waals surface area contributed by atoms with E-state index in [0.29, 0.717) is 30.0 Å². The number of nitrogens with one attached hydrogen (secondary N) is 1. The maximum Gasteiger partial charge on any atom is 0.387 e. The normalized spacial score (nSPS) is 12.9. The molecule has 1 N–H and O–H groups in total. The average molecular weight is 460 g/mol. The van der Waals surface area contributed by atoms with E-state index >= 15 is 0 Å². The minimum absolute atomic E-state index is 0.00545. The molecule has 1 aliphatic rings. The van der Waals surface area contributed by atoms with Crippen molar-refractivity contribution in [1.82, 2.24) is 0 Å². The monoisotopic (exact) mass is 459 g/mol. The molecule has 1 amide bonds. The van der Waals surface area contributed by atoms with E-state index in [4.69, 9.17) is 14.2 Å². The Balaban J connectivity index is 1.98. The highest BCUT2D eigenvalue weighted by Gasteiger charge is 2.23. The molecule has 0 fully saturated rings. The second-order valence-corrected chi connectivity index (χ2v) is 8.30. The highest BCUT2D eigenvalue weighted by molar-refractivity contribution is 6.00. The van der Waals surface area contributed by atoms with Gasteiger partial charge in [0.15, 0.2) is 11.5 Å². The third-order valence-electron chi connectivity index (χ3n) is 5.63. The van der Waals surface area contributed by atoms with Crippen molar-refractivity contribution in [3.63, 3.8) is 0 Å². The molecule has 0 unspecified atom stereocenters. The molecule has 0 saturated carbocycles. The van der Waals surface area contributed by atoms with Gasteiger partial charge in [-0.3, -0.25) is 4.79 Å². The Kier molecular flexibility index (Phi) is 8.31. The zero-order valence-electron chi connectivity index (χ0n) is 19.4. The first-order valence-electron chi connectivity index (χ1n) is 11.2. The van der Waals surface area contributed by atoms with Crippen molar-refractivity contribution in [2.24, 2.45) is 0 Å². The molecule has 33 heavy (non-hydrogen) atoms. The highest BCUT2D eigenvalue weighted by Crippen LogP contribution is 2.39. The Morgan fingerprint density at radius 3 is 2.52 bits per heavy atom. The van der Waals surface area contributed by atoms with E-state index in [0.717, 1.165) is 54.0 Å². The van der Waals surface area contributed by atoms with Gasteiger partial charge in [-0.15, -0.1) is 0 Å². The summed E-state index contributed by atoms with van der Waals surface area (Å²) < 4.78 is 42.4. The molecule has 0 saturated heterocycles. The van der Waals surface area contributed by atoms with Crippen LogP contribution in [0.3, 0.4) is 0 Å². The van der Waals surface area contributed by atoms with E-state index in [2.05, 4.69) is 11.9 Å². The fourth-order valence-corrected chi connectivity index (χ4v) is 4.23. The van der Waals surface area contributed by atoms with Crippen LogP contribution in [-0.2, 0) is 30.5 Å². The van der Waals surface area contributed by atoms with Crippen LogP contribution in [0.15, 0.2) is 36.9 Å². The van der Waals surface area contributed by atoms with Gasteiger partial charge in [0.25, 0.3) is 0 Å². The number of alkyl halides is 2. The van der Waals surface area contributed by atoms with E-state index in [1.54, 1.807) is 13.2 Å². The Bertz CT molecular complexity index is 1000. The number of halogens is 2. The molecule has 7 heteroatoms. The predicted molar refractivity (Wildman–Crippen MR) is 125 cm³/mol. The summed E-state index contributed by atoms with van der Waals surface area (Å²) in [6.45, 7) is 4.39. The summed E-state index contributed by atoms with van der Waals surface area (Å²) >= 11 is 0. The predicted octanol–water partition coefficient (Wildman–Crippen LogP) is 5.87. The highest BCUT2D eigenvalue weighted by atomic mass is 19.3. The standard InChI is InChI=1S/C26H31F2NO4/c1-5-24(30)29-25-20(19-9-7-6-8-18(19)15-23(25)33-26(27)28)12-10-17-11-13-21(32-16(2)3)22(14-17)31-4/h5,11,13-16,26H,1,6-10,12H2,2-4H3,(H,29,30). The van der Waals surface area contributed by atoms with Crippen LogP contribution in [0.2, 0.25) is 0 Å². The molecule has 0 bridgehead atoms. The average Bonchev–Trinajstić information content (AvgIpc) is 2.78. The van der Waals surface area contributed by atoms with E-state index in [-0.39, 0.29) is 11.9 Å². The SMILES string of the molecule is C=CC(=O)Nc1c(OC(F)F)cc2c(c1CCc1ccc(OC(C)C)c(OC)c1)CCCC2. The second kappa shape index (κ2) is 11.2. The van der Waals surface area contributed by atoms with E-state index in [9.17, 15) is 13.6 Å². The first-order valence-corrected chi connectivity index (χ1v) is 11.2. The van der Waals surface area contributed by atoms with Crippen molar-refractivity contribution in [2.75, 3.05) is 12.4 Å². The lowest BCUT2D eigenvalue weighted by atomic mass is 9.85. The van der Waals surface area contributed by atoms with Gasteiger partial charge >= 0.3 is 6.61 Å². The van der Waals surface area contributed by atoms with Crippen LogP contribution in [0, 0.1) is 0 Å². The van der Waals surface area contributed by atoms with Crippen LogP contribution in [0.25, 0.3) is 0 Å². The maximum absolute atomic E-state index is 13.2. The number of benzene rings is 2. The van der Waals surface area contributed by atoms with Gasteiger partial charge in [-0.25, -0.2) is 0 Å². The Morgan fingerprint density at radius 1 is 1.09 bits per heavy atom. The zero-order valence-corrected chi connectivity index (χ0v) is 19.4. The third kappa shape index (κ3) is 6.24. The number of anilines is 1. The quantitative estimate of drug-likeness (QED) is 0.452. The summed E-state index contributed by atoms with van der Waals surface area (Å²) in [4.78, 5) is 12.1. The summed E-state index contributed by atoms with van der Waals surface area (Å²) in [6, 6.07) is 7.41. The number of carbonyl (C=O) groups is 1. The Hall–Kier alpha value is -3.09. The molecule has 0 aliphatic heterocycles. The first-order chi connectivity index (χ1) is 15.8. The van der Waals surface area contributed by atoms with E-state index in [1.807, 2.05) is 32.0 Å². The molecule has 2 aromatic rings.